The van der Waals surface area contributed by atoms with Crippen LogP contribution in [0.25, 0.3) is 0 Å². The van der Waals surface area contributed by atoms with E-state index in [1.807, 2.05) is 0 Å². The van der Waals surface area contributed by atoms with Gasteiger partial charge in [-0.25, -0.2) is 4.79 Å². The molecule has 0 aliphatic carbocycles. The lowest BCUT2D eigenvalue weighted by Gasteiger charge is -2.10. The van der Waals surface area contributed by atoms with E-state index < -0.39 is 0 Å². The zero-order chi connectivity index (χ0) is 10.8. The molecular formula is C9H13N3O3. The first-order valence-electron chi connectivity index (χ1n) is 4.78. The number of nitrogens with two attached hydrogens (primary N) is 1. The average molecular weight is 211 g/mol. The van der Waals surface area contributed by atoms with Crippen molar-refractivity contribution in [2.45, 2.75) is 18.6 Å². The third-order valence-electron chi connectivity index (χ3n) is 2.51. The average Bonchev–Trinajstić information content (AvgIpc) is 2.66. The third-order valence-corrected chi connectivity index (χ3v) is 2.51. The van der Waals surface area contributed by atoms with Crippen molar-refractivity contribution in [1.82, 2.24) is 9.55 Å². The summed E-state index contributed by atoms with van der Waals surface area (Å²) in [5, 5.41) is 8.90. The first-order chi connectivity index (χ1) is 7.20. The molecule has 1 fully saturated rings. The number of anilines is 1. The predicted molar refractivity (Wildman–Crippen MR) is 53.4 cm³/mol. The summed E-state index contributed by atoms with van der Waals surface area (Å²) in [6.45, 7) is 0.407. The molecule has 2 atom stereocenters. The van der Waals surface area contributed by atoms with Crippen LogP contribution in [-0.4, -0.2) is 34.0 Å². The third kappa shape index (κ3) is 2.00. The summed E-state index contributed by atoms with van der Waals surface area (Å²) < 4.78 is 6.78. The van der Waals surface area contributed by atoms with Crippen LogP contribution in [0.3, 0.4) is 0 Å². The molecule has 2 heterocycles. The number of aromatic nitrogens is 2. The van der Waals surface area contributed by atoms with Crippen LogP contribution in [0.4, 0.5) is 5.82 Å². The Morgan fingerprint density at radius 2 is 2.53 bits per heavy atom. The Bertz CT molecular complexity index is 404. The summed E-state index contributed by atoms with van der Waals surface area (Å²) in [6.07, 6.45) is 2.06. The highest BCUT2D eigenvalue weighted by Crippen LogP contribution is 2.22. The van der Waals surface area contributed by atoms with Gasteiger partial charge in [0.2, 0.25) is 0 Å². The molecule has 2 rings (SSSR count). The minimum absolute atomic E-state index is 0.0202. The van der Waals surface area contributed by atoms with E-state index in [1.54, 1.807) is 12.3 Å². The summed E-state index contributed by atoms with van der Waals surface area (Å²) in [4.78, 5) is 15.1. The fraction of sp³-hybridized carbons (Fsp3) is 0.556. The maximum absolute atomic E-state index is 11.5. The van der Waals surface area contributed by atoms with E-state index in [1.165, 1.54) is 4.57 Å². The molecule has 0 bridgehead atoms. The molecule has 0 spiro atoms. The molecule has 0 amide bonds. The first kappa shape index (κ1) is 10.1. The maximum atomic E-state index is 11.5. The van der Waals surface area contributed by atoms with Gasteiger partial charge in [-0.15, -0.1) is 0 Å². The largest absolute Gasteiger partial charge is 0.394 e. The van der Waals surface area contributed by atoms with Gasteiger partial charge >= 0.3 is 5.69 Å². The van der Waals surface area contributed by atoms with Gasteiger partial charge in [0.15, 0.2) is 0 Å². The molecule has 6 heteroatoms. The van der Waals surface area contributed by atoms with Crippen molar-refractivity contribution in [3.63, 3.8) is 0 Å². The topological polar surface area (TPSA) is 90.4 Å². The van der Waals surface area contributed by atoms with Crippen LogP contribution in [0.15, 0.2) is 17.1 Å². The van der Waals surface area contributed by atoms with Crippen LogP contribution in [0.1, 0.15) is 12.5 Å². The van der Waals surface area contributed by atoms with E-state index >= 15 is 0 Å². The lowest BCUT2D eigenvalue weighted by atomic mass is 10.2. The monoisotopic (exact) mass is 211 g/mol. The van der Waals surface area contributed by atoms with Gasteiger partial charge in [0.1, 0.15) is 5.82 Å². The summed E-state index contributed by atoms with van der Waals surface area (Å²) in [5.41, 5.74) is 5.01. The number of hydrogen-bond donors (Lipinski definition) is 2. The van der Waals surface area contributed by atoms with E-state index in [4.69, 9.17) is 15.6 Å². The van der Waals surface area contributed by atoms with Crippen LogP contribution in [0.2, 0.25) is 0 Å². The van der Waals surface area contributed by atoms with Gasteiger partial charge in [0.05, 0.1) is 25.4 Å². The number of nitrogen functional groups attached to an aromatic ring is 1. The van der Waals surface area contributed by atoms with E-state index in [-0.39, 0.29) is 30.3 Å². The van der Waals surface area contributed by atoms with E-state index in [2.05, 4.69) is 4.98 Å². The molecule has 1 aliphatic heterocycles. The van der Waals surface area contributed by atoms with Crippen LogP contribution in [0, 0.1) is 0 Å². The van der Waals surface area contributed by atoms with Gasteiger partial charge in [0, 0.05) is 6.20 Å². The Morgan fingerprint density at radius 3 is 3.13 bits per heavy atom. The van der Waals surface area contributed by atoms with Crippen LogP contribution >= 0.6 is 0 Å². The van der Waals surface area contributed by atoms with Gasteiger partial charge in [-0.1, -0.05) is 0 Å². The molecule has 1 unspecified atom stereocenters. The Hall–Kier alpha value is -1.40. The highest BCUT2D eigenvalue weighted by molar-refractivity contribution is 5.23. The molecule has 1 saturated heterocycles. The van der Waals surface area contributed by atoms with Crippen LogP contribution < -0.4 is 11.4 Å². The minimum Gasteiger partial charge on any atom is -0.394 e. The van der Waals surface area contributed by atoms with Crippen molar-refractivity contribution in [3.05, 3.63) is 22.7 Å². The van der Waals surface area contributed by atoms with Gasteiger partial charge < -0.3 is 15.6 Å². The smallest absolute Gasteiger partial charge is 0.349 e. The van der Waals surface area contributed by atoms with Crippen molar-refractivity contribution in [1.29, 1.82) is 0 Å². The van der Waals surface area contributed by atoms with Crippen molar-refractivity contribution in [2.24, 2.45) is 0 Å². The number of aliphatic hydroxyl groups is 1. The number of rotatable bonds is 2. The standard InChI is InChI=1S/C9H13N3O3/c10-8-1-2-12(9(14)11-8)6-3-7(4-13)15-5-6/h1-2,6-7,13H,3-5H2,(H2,10,11,14)/t6?,7-/m0/s1. The molecule has 15 heavy (non-hydrogen) atoms. The Balaban J connectivity index is 2.20. The van der Waals surface area contributed by atoms with Crippen molar-refractivity contribution in [3.8, 4) is 0 Å². The van der Waals surface area contributed by atoms with Gasteiger partial charge in [-0.3, -0.25) is 4.57 Å². The Morgan fingerprint density at radius 1 is 1.73 bits per heavy atom. The quantitative estimate of drug-likeness (QED) is 0.664. The second-order valence-corrected chi connectivity index (χ2v) is 3.57. The minimum atomic E-state index is -0.373. The van der Waals surface area contributed by atoms with E-state index in [9.17, 15) is 4.79 Å². The van der Waals surface area contributed by atoms with E-state index in [0.717, 1.165) is 0 Å². The Labute approximate surface area is 86.3 Å². The molecule has 3 N–H and O–H groups in total. The highest BCUT2D eigenvalue weighted by atomic mass is 16.5. The fourth-order valence-electron chi connectivity index (χ4n) is 1.71. The van der Waals surface area contributed by atoms with Crippen molar-refractivity contribution in [2.75, 3.05) is 18.9 Å². The summed E-state index contributed by atoms with van der Waals surface area (Å²) in [6, 6.07) is 1.52. The molecule has 1 aromatic rings. The summed E-state index contributed by atoms with van der Waals surface area (Å²) >= 11 is 0. The van der Waals surface area contributed by atoms with Crippen LogP contribution in [-0.2, 0) is 4.74 Å². The summed E-state index contributed by atoms with van der Waals surface area (Å²) in [7, 11) is 0. The second kappa shape index (κ2) is 4.00. The molecule has 1 aromatic heterocycles. The van der Waals surface area contributed by atoms with Crippen molar-refractivity contribution < 1.29 is 9.84 Å². The van der Waals surface area contributed by atoms with Gasteiger partial charge in [-0.05, 0) is 12.5 Å². The molecule has 6 nitrogen and oxygen atoms in total. The molecule has 1 aliphatic rings. The van der Waals surface area contributed by atoms with Gasteiger partial charge in [0.25, 0.3) is 0 Å². The fourth-order valence-corrected chi connectivity index (χ4v) is 1.71. The number of nitrogens with zero attached hydrogens (tertiary/aromatic N) is 2. The number of hydrogen-bond acceptors (Lipinski definition) is 5. The zero-order valence-electron chi connectivity index (χ0n) is 8.17. The van der Waals surface area contributed by atoms with Crippen LogP contribution in [0.5, 0.6) is 0 Å². The molecule has 82 valence electrons. The molecular weight excluding hydrogens is 198 g/mol. The lowest BCUT2D eigenvalue weighted by Crippen LogP contribution is -2.27. The molecule has 0 saturated carbocycles. The molecule has 0 aromatic carbocycles. The van der Waals surface area contributed by atoms with Crippen molar-refractivity contribution >= 4 is 5.82 Å². The number of aliphatic hydroxyl groups excluding tert-OH is 1. The lowest BCUT2D eigenvalue weighted by molar-refractivity contribution is 0.0574. The highest BCUT2D eigenvalue weighted by Gasteiger charge is 2.26. The van der Waals surface area contributed by atoms with Gasteiger partial charge in [-0.2, -0.15) is 4.98 Å². The van der Waals surface area contributed by atoms with E-state index in [0.29, 0.717) is 13.0 Å². The maximum Gasteiger partial charge on any atom is 0.349 e. The normalized spacial score (nSPS) is 25.7. The predicted octanol–water partition coefficient (Wildman–Crippen LogP) is -0.852. The Kier molecular flexibility index (Phi) is 2.70. The second-order valence-electron chi connectivity index (χ2n) is 3.57. The summed E-state index contributed by atoms with van der Waals surface area (Å²) in [5.74, 6) is 0.217. The SMILES string of the molecule is Nc1ccn(C2CO[C@H](CO)C2)c(=O)n1. The number of ether oxygens (including phenoxy) is 1. The zero-order valence-corrected chi connectivity index (χ0v) is 8.17. The molecule has 0 radical (unpaired) electrons. The first-order valence-corrected chi connectivity index (χ1v) is 4.78.